The van der Waals surface area contributed by atoms with Gasteiger partial charge in [0, 0.05) is 0 Å². The first-order valence-electron chi connectivity index (χ1n) is 9.09. The molecule has 3 fully saturated rings. The molecule has 7 atom stereocenters. The van der Waals surface area contributed by atoms with Gasteiger partial charge in [-0.1, -0.05) is 35.9 Å². The lowest BCUT2D eigenvalue weighted by molar-refractivity contribution is -0.146. The minimum atomic E-state index is -0.854. The Bertz CT molecular complexity index is 830. The number of imide groups is 1. The molecule has 2 saturated carbocycles. The number of nitrogens with zero attached hydrogens (tertiary/aromatic N) is 1. The van der Waals surface area contributed by atoms with Gasteiger partial charge in [-0.05, 0) is 49.1 Å². The summed E-state index contributed by atoms with van der Waals surface area (Å²) in [6, 6.07) is 6.06. The van der Waals surface area contributed by atoms with E-state index in [0.717, 1.165) is 6.42 Å². The first-order chi connectivity index (χ1) is 12.5. The lowest BCUT2D eigenvalue weighted by atomic mass is 9.63. The largest absolute Gasteiger partial charge is 0.323 e. The summed E-state index contributed by atoms with van der Waals surface area (Å²) in [6.45, 7) is 1.61. The number of nitrogens with one attached hydrogen (secondary N) is 1. The van der Waals surface area contributed by atoms with Crippen molar-refractivity contribution < 1.29 is 14.4 Å². The number of allylic oxidation sites excluding steroid dienone is 2. The minimum Gasteiger partial charge on any atom is -0.323 e. The van der Waals surface area contributed by atoms with Crippen LogP contribution in [0.1, 0.15) is 13.3 Å². The third kappa shape index (κ3) is 2.07. The molecular weight excluding hydrogens is 352 g/mol. The Kier molecular flexibility index (Phi) is 3.35. The van der Waals surface area contributed by atoms with Crippen LogP contribution in [-0.4, -0.2) is 28.7 Å². The summed E-state index contributed by atoms with van der Waals surface area (Å²) in [6.07, 6.45) is 5.38. The molecule has 1 heterocycles. The maximum atomic E-state index is 13.0. The number of anilines is 1. The van der Waals surface area contributed by atoms with Crippen molar-refractivity contribution in [2.45, 2.75) is 19.4 Å². The molecule has 1 aliphatic heterocycles. The topological polar surface area (TPSA) is 66.5 Å². The monoisotopic (exact) mass is 370 g/mol. The van der Waals surface area contributed by atoms with Crippen LogP contribution in [0.2, 0.25) is 5.02 Å². The predicted molar refractivity (Wildman–Crippen MR) is 96.1 cm³/mol. The average Bonchev–Trinajstić information content (AvgIpc) is 3.41. The van der Waals surface area contributed by atoms with Crippen LogP contribution in [0.15, 0.2) is 36.4 Å². The number of carbonyl (C=O) groups is 3. The van der Waals surface area contributed by atoms with Crippen LogP contribution in [0.25, 0.3) is 0 Å². The molecule has 2 bridgehead atoms. The molecule has 0 spiro atoms. The number of hydrogen-bond acceptors (Lipinski definition) is 3. The molecule has 6 rings (SSSR count). The summed E-state index contributed by atoms with van der Waals surface area (Å²) in [5.41, 5.74) is 0.477. The summed E-state index contributed by atoms with van der Waals surface area (Å²) < 4.78 is 0. The Labute approximate surface area is 156 Å². The molecule has 4 aliphatic carbocycles. The molecule has 5 aliphatic rings. The standard InChI is InChI=1S/C20H19ClN2O3/c1-9(18(24)22-15-5-3-2-4-14(15)21)23-19(25)16-10-6-7-11(13-8-12(10)13)17(16)20(23)26/h2-7,9-13,16-17H,8H2,1H3,(H,22,24)/t9-,10+,11+,12+,13+,16-,17+/m0/s1. The van der Waals surface area contributed by atoms with Crippen LogP contribution in [0.4, 0.5) is 5.69 Å². The van der Waals surface area contributed by atoms with Gasteiger partial charge in [-0.3, -0.25) is 19.3 Å². The molecular formula is C20H19ClN2O3. The Morgan fingerprint density at radius 1 is 1.12 bits per heavy atom. The third-order valence-electron chi connectivity index (χ3n) is 6.60. The fourth-order valence-electron chi connectivity index (χ4n) is 5.28. The molecule has 6 heteroatoms. The number of amides is 3. The van der Waals surface area contributed by atoms with Gasteiger partial charge in [0.15, 0.2) is 0 Å². The molecule has 134 valence electrons. The van der Waals surface area contributed by atoms with E-state index in [4.69, 9.17) is 11.6 Å². The zero-order valence-electron chi connectivity index (χ0n) is 14.3. The zero-order chi connectivity index (χ0) is 18.2. The van der Waals surface area contributed by atoms with E-state index in [1.54, 1.807) is 31.2 Å². The van der Waals surface area contributed by atoms with Crippen molar-refractivity contribution in [3.63, 3.8) is 0 Å². The molecule has 1 aromatic rings. The highest BCUT2D eigenvalue weighted by Gasteiger charge is 2.67. The van der Waals surface area contributed by atoms with Crippen molar-refractivity contribution in [3.8, 4) is 0 Å². The highest BCUT2D eigenvalue weighted by molar-refractivity contribution is 6.33. The Hall–Kier alpha value is -2.14. The van der Waals surface area contributed by atoms with Crippen LogP contribution >= 0.6 is 11.6 Å². The first kappa shape index (κ1) is 16.1. The fraction of sp³-hybridized carbons (Fsp3) is 0.450. The van der Waals surface area contributed by atoms with Crippen LogP contribution in [0.3, 0.4) is 0 Å². The molecule has 1 aromatic carbocycles. The van der Waals surface area contributed by atoms with E-state index in [-0.39, 0.29) is 35.5 Å². The number of benzene rings is 1. The van der Waals surface area contributed by atoms with Gasteiger partial charge in [-0.2, -0.15) is 0 Å². The normalized spacial score (nSPS) is 37.4. The molecule has 0 aromatic heterocycles. The fourth-order valence-corrected chi connectivity index (χ4v) is 5.46. The zero-order valence-corrected chi connectivity index (χ0v) is 15.0. The van der Waals surface area contributed by atoms with Crippen molar-refractivity contribution in [1.29, 1.82) is 0 Å². The number of likely N-dealkylation sites (tertiary alicyclic amines) is 1. The average molecular weight is 371 g/mol. The van der Waals surface area contributed by atoms with Gasteiger partial charge in [0.1, 0.15) is 6.04 Å². The van der Waals surface area contributed by atoms with Crippen LogP contribution in [0, 0.1) is 35.5 Å². The smallest absolute Gasteiger partial charge is 0.247 e. The van der Waals surface area contributed by atoms with E-state index in [0.29, 0.717) is 22.5 Å². The van der Waals surface area contributed by atoms with Crippen molar-refractivity contribution in [2.24, 2.45) is 35.5 Å². The third-order valence-corrected chi connectivity index (χ3v) is 6.92. The van der Waals surface area contributed by atoms with E-state index in [9.17, 15) is 14.4 Å². The lowest BCUT2D eigenvalue weighted by Crippen LogP contribution is -2.46. The summed E-state index contributed by atoms with van der Waals surface area (Å²) >= 11 is 6.09. The van der Waals surface area contributed by atoms with Crippen molar-refractivity contribution in [3.05, 3.63) is 41.4 Å². The van der Waals surface area contributed by atoms with Gasteiger partial charge in [-0.25, -0.2) is 0 Å². The Balaban J connectivity index is 1.39. The highest BCUT2D eigenvalue weighted by Crippen LogP contribution is 2.65. The van der Waals surface area contributed by atoms with Gasteiger partial charge >= 0.3 is 0 Å². The van der Waals surface area contributed by atoms with Crippen LogP contribution < -0.4 is 5.32 Å². The number of para-hydroxylation sites is 1. The molecule has 3 amide bonds. The van der Waals surface area contributed by atoms with Crippen LogP contribution in [0.5, 0.6) is 0 Å². The molecule has 0 unspecified atom stereocenters. The van der Waals surface area contributed by atoms with E-state index in [1.165, 1.54) is 4.90 Å². The SMILES string of the molecule is C[C@@H](C(=O)Nc1ccccc1Cl)N1C(=O)[C@@H]2[C@@H]3C=C[C@H]([C@H]4C[C@H]34)[C@@H]2C1=O. The van der Waals surface area contributed by atoms with Gasteiger partial charge < -0.3 is 5.32 Å². The molecule has 1 saturated heterocycles. The summed E-state index contributed by atoms with van der Waals surface area (Å²) in [5.74, 6) is 0.0894. The summed E-state index contributed by atoms with van der Waals surface area (Å²) in [4.78, 5) is 39.9. The summed E-state index contributed by atoms with van der Waals surface area (Å²) in [7, 11) is 0. The van der Waals surface area contributed by atoms with Crippen molar-refractivity contribution >= 4 is 35.0 Å². The van der Waals surface area contributed by atoms with Gasteiger partial charge in [0.05, 0.1) is 22.5 Å². The predicted octanol–water partition coefficient (Wildman–Crippen LogP) is 2.72. The van der Waals surface area contributed by atoms with Crippen molar-refractivity contribution in [2.75, 3.05) is 5.32 Å². The molecule has 5 nitrogen and oxygen atoms in total. The Morgan fingerprint density at radius 2 is 1.69 bits per heavy atom. The first-order valence-corrected chi connectivity index (χ1v) is 9.47. The van der Waals surface area contributed by atoms with E-state index < -0.39 is 11.9 Å². The molecule has 0 radical (unpaired) electrons. The van der Waals surface area contributed by atoms with Crippen LogP contribution in [-0.2, 0) is 14.4 Å². The second kappa shape index (κ2) is 5.43. The maximum absolute atomic E-state index is 13.0. The summed E-state index contributed by atoms with van der Waals surface area (Å²) in [5, 5.41) is 3.15. The minimum absolute atomic E-state index is 0.162. The Morgan fingerprint density at radius 3 is 2.27 bits per heavy atom. The highest BCUT2D eigenvalue weighted by atomic mass is 35.5. The molecule has 26 heavy (non-hydrogen) atoms. The number of halogens is 1. The lowest BCUT2D eigenvalue weighted by Gasteiger charge is -2.37. The number of hydrogen-bond donors (Lipinski definition) is 1. The number of rotatable bonds is 3. The van der Waals surface area contributed by atoms with Gasteiger partial charge in [0.25, 0.3) is 0 Å². The van der Waals surface area contributed by atoms with Crippen molar-refractivity contribution in [1.82, 2.24) is 4.90 Å². The quantitative estimate of drug-likeness (QED) is 0.657. The van der Waals surface area contributed by atoms with E-state index in [1.807, 2.05) is 0 Å². The molecule has 1 N–H and O–H groups in total. The second-order valence-electron chi connectivity index (χ2n) is 7.85. The van der Waals surface area contributed by atoms with E-state index >= 15 is 0 Å². The maximum Gasteiger partial charge on any atom is 0.247 e. The van der Waals surface area contributed by atoms with E-state index in [2.05, 4.69) is 17.5 Å². The second-order valence-corrected chi connectivity index (χ2v) is 8.25. The number of carbonyl (C=O) groups excluding carboxylic acids is 3. The van der Waals surface area contributed by atoms with Gasteiger partial charge in [-0.15, -0.1) is 0 Å². The van der Waals surface area contributed by atoms with Gasteiger partial charge in [0.2, 0.25) is 17.7 Å².